The van der Waals surface area contributed by atoms with Gasteiger partial charge < -0.3 is 9.80 Å². The van der Waals surface area contributed by atoms with Gasteiger partial charge in [-0.2, -0.15) is 5.26 Å². The minimum Gasteiger partial charge on any atom is -0.366 e. The van der Waals surface area contributed by atoms with Crippen LogP contribution < -0.4 is 4.90 Å². The summed E-state index contributed by atoms with van der Waals surface area (Å²) < 4.78 is 14.0. The van der Waals surface area contributed by atoms with E-state index in [0.717, 1.165) is 5.56 Å². The number of piperazine rings is 1. The molecule has 1 fully saturated rings. The van der Waals surface area contributed by atoms with Crippen LogP contribution in [-0.4, -0.2) is 54.5 Å². The molecule has 2 aromatic carbocycles. The van der Waals surface area contributed by atoms with Gasteiger partial charge in [-0.15, -0.1) is 0 Å². The molecule has 1 heterocycles. The molecule has 152 valence electrons. The molecule has 0 saturated carbocycles. The number of hydrogen-bond acceptors (Lipinski definition) is 4. The first-order valence-corrected chi connectivity index (χ1v) is 9.98. The molecule has 0 radical (unpaired) electrons. The summed E-state index contributed by atoms with van der Waals surface area (Å²) >= 11 is 0. The van der Waals surface area contributed by atoms with Crippen LogP contribution in [0.3, 0.4) is 0 Å². The zero-order valence-corrected chi connectivity index (χ0v) is 17.0. The molecule has 0 bridgehead atoms. The average Bonchev–Trinajstić information content (AvgIpc) is 2.74. The highest BCUT2D eigenvalue weighted by Crippen LogP contribution is 2.20. The normalized spacial score (nSPS) is 14.3. The number of carbonyl (C=O) groups excluding carboxylic acids is 1. The second-order valence-corrected chi connectivity index (χ2v) is 7.63. The number of halogens is 1. The predicted molar refractivity (Wildman–Crippen MR) is 112 cm³/mol. The maximum absolute atomic E-state index is 14.0. The summed E-state index contributed by atoms with van der Waals surface area (Å²) in [5.74, 6) is -0.124. The van der Waals surface area contributed by atoms with E-state index in [9.17, 15) is 9.18 Å². The number of rotatable bonds is 6. The lowest BCUT2D eigenvalue weighted by Gasteiger charge is -2.37. The van der Waals surface area contributed by atoms with Gasteiger partial charge in [0.25, 0.3) is 0 Å². The van der Waals surface area contributed by atoms with E-state index in [1.54, 1.807) is 24.3 Å². The molecule has 1 aliphatic rings. The van der Waals surface area contributed by atoms with E-state index in [2.05, 4.69) is 24.8 Å². The van der Waals surface area contributed by atoms with E-state index < -0.39 is 0 Å². The zero-order valence-electron chi connectivity index (χ0n) is 17.0. The Morgan fingerprint density at radius 1 is 1.10 bits per heavy atom. The summed E-state index contributed by atoms with van der Waals surface area (Å²) in [5.41, 5.74) is 2.31. The van der Waals surface area contributed by atoms with Gasteiger partial charge in [-0.1, -0.05) is 24.3 Å². The van der Waals surface area contributed by atoms with Gasteiger partial charge >= 0.3 is 0 Å². The number of para-hydroxylation sites is 1. The van der Waals surface area contributed by atoms with E-state index in [4.69, 9.17) is 5.26 Å². The Morgan fingerprint density at radius 2 is 1.76 bits per heavy atom. The highest BCUT2D eigenvalue weighted by molar-refractivity contribution is 5.78. The molecule has 0 atom stereocenters. The van der Waals surface area contributed by atoms with Crippen LogP contribution in [-0.2, 0) is 11.3 Å². The van der Waals surface area contributed by atoms with Crippen molar-refractivity contribution in [1.29, 1.82) is 5.26 Å². The number of nitrogens with zero attached hydrogens (tertiary/aromatic N) is 4. The lowest BCUT2D eigenvalue weighted by Crippen LogP contribution is -2.52. The number of nitriles is 1. The highest BCUT2D eigenvalue weighted by Gasteiger charge is 2.24. The van der Waals surface area contributed by atoms with Gasteiger partial charge in [-0.05, 0) is 43.7 Å². The lowest BCUT2D eigenvalue weighted by molar-refractivity contribution is -0.133. The third-order valence-electron chi connectivity index (χ3n) is 5.36. The largest absolute Gasteiger partial charge is 0.366 e. The monoisotopic (exact) mass is 394 g/mol. The van der Waals surface area contributed by atoms with Crippen LogP contribution >= 0.6 is 0 Å². The number of carbonyl (C=O) groups is 1. The van der Waals surface area contributed by atoms with E-state index >= 15 is 0 Å². The second-order valence-electron chi connectivity index (χ2n) is 7.63. The van der Waals surface area contributed by atoms with Crippen LogP contribution in [0.2, 0.25) is 0 Å². The summed E-state index contributed by atoms with van der Waals surface area (Å²) in [5, 5.41) is 8.93. The maximum atomic E-state index is 14.0. The quantitative estimate of drug-likeness (QED) is 0.755. The SMILES string of the molecule is CC(C)N(CC(=O)N1CCN(c2ccccc2F)CC1)Cc1ccc(C#N)cc1. The first kappa shape index (κ1) is 20.8. The molecular formula is C23H27FN4O. The molecule has 2 aromatic rings. The Bertz CT molecular complexity index is 867. The smallest absolute Gasteiger partial charge is 0.236 e. The molecule has 0 N–H and O–H groups in total. The fourth-order valence-electron chi connectivity index (χ4n) is 3.52. The van der Waals surface area contributed by atoms with Crippen molar-refractivity contribution in [1.82, 2.24) is 9.80 Å². The molecular weight excluding hydrogens is 367 g/mol. The van der Waals surface area contributed by atoms with Crippen LogP contribution in [0.25, 0.3) is 0 Å². The summed E-state index contributed by atoms with van der Waals surface area (Å²) in [6.07, 6.45) is 0. The first-order chi connectivity index (χ1) is 14.0. The first-order valence-electron chi connectivity index (χ1n) is 9.98. The molecule has 3 rings (SSSR count). The maximum Gasteiger partial charge on any atom is 0.236 e. The summed E-state index contributed by atoms with van der Waals surface area (Å²) in [7, 11) is 0. The lowest BCUT2D eigenvalue weighted by atomic mass is 10.1. The molecule has 1 saturated heterocycles. The fraction of sp³-hybridized carbons (Fsp3) is 0.391. The number of hydrogen-bond donors (Lipinski definition) is 0. The van der Waals surface area contributed by atoms with Crippen LogP contribution in [0.5, 0.6) is 0 Å². The van der Waals surface area contributed by atoms with Crippen LogP contribution in [0, 0.1) is 17.1 Å². The van der Waals surface area contributed by atoms with Crippen LogP contribution in [0.1, 0.15) is 25.0 Å². The van der Waals surface area contributed by atoms with Crippen LogP contribution in [0.4, 0.5) is 10.1 Å². The third kappa shape index (κ3) is 5.33. The second kappa shape index (κ2) is 9.53. The number of amides is 1. The van der Waals surface area contributed by atoms with Crippen molar-refractivity contribution in [3.05, 3.63) is 65.5 Å². The van der Waals surface area contributed by atoms with Gasteiger partial charge in [0, 0.05) is 38.8 Å². The van der Waals surface area contributed by atoms with Crippen molar-refractivity contribution < 1.29 is 9.18 Å². The van der Waals surface area contributed by atoms with E-state index in [1.165, 1.54) is 6.07 Å². The van der Waals surface area contributed by atoms with Crippen molar-refractivity contribution >= 4 is 11.6 Å². The Morgan fingerprint density at radius 3 is 2.34 bits per heavy atom. The van der Waals surface area contributed by atoms with E-state index in [0.29, 0.717) is 50.5 Å². The van der Waals surface area contributed by atoms with E-state index in [-0.39, 0.29) is 17.8 Å². The summed E-state index contributed by atoms with van der Waals surface area (Å²) in [6, 6.07) is 16.6. The van der Waals surface area contributed by atoms with Gasteiger partial charge in [-0.25, -0.2) is 4.39 Å². The molecule has 6 heteroatoms. The fourth-order valence-corrected chi connectivity index (χ4v) is 3.52. The molecule has 0 aromatic heterocycles. The van der Waals surface area contributed by atoms with Crippen LogP contribution in [0.15, 0.2) is 48.5 Å². The molecule has 29 heavy (non-hydrogen) atoms. The number of benzene rings is 2. The van der Waals surface area contributed by atoms with Crippen molar-refractivity contribution in [2.24, 2.45) is 0 Å². The molecule has 0 aliphatic carbocycles. The topological polar surface area (TPSA) is 50.6 Å². The van der Waals surface area contributed by atoms with Gasteiger partial charge in [0.05, 0.1) is 23.9 Å². The van der Waals surface area contributed by atoms with Gasteiger partial charge in [0.1, 0.15) is 5.82 Å². The summed E-state index contributed by atoms with van der Waals surface area (Å²) in [4.78, 5) is 18.9. The van der Waals surface area contributed by atoms with Gasteiger partial charge in [-0.3, -0.25) is 9.69 Å². The molecule has 0 unspecified atom stereocenters. The third-order valence-corrected chi connectivity index (χ3v) is 5.36. The van der Waals surface area contributed by atoms with Crippen molar-refractivity contribution in [3.8, 4) is 6.07 Å². The zero-order chi connectivity index (χ0) is 20.8. The molecule has 1 aliphatic heterocycles. The van der Waals surface area contributed by atoms with Crippen molar-refractivity contribution in [3.63, 3.8) is 0 Å². The van der Waals surface area contributed by atoms with Gasteiger partial charge in [0.2, 0.25) is 5.91 Å². The molecule has 0 spiro atoms. The minimum atomic E-state index is -0.222. The minimum absolute atomic E-state index is 0.0977. The predicted octanol–water partition coefficient (Wildman–Crippen LogP) is 3.26. The number of anilines is 1. The highest BCUT2D eigenvalue weighted by atomic mass is 19.1. The molecule has 5 nitrogen and oxygen atoms in total. The standard InChI is InChI=1S/C23H27FN4O/c1-18(2)28(16-20-9-7-19(15-25)8-10-20)17-23(29)27-13-11-26(12-14-27)22-6-4-3-5-21(22)24/h3-10,18H,11-14,16-17H2,1-2H3. The Labute approximate surface area is 171 Å². The summed E-state index contributed by atoms with van der Waals surface area (Å²) in [6.45, 7) is 7.60. The Balaban J connectivity index is 1.56. The Hall–Kier alpha value is -2.91. The Kier molecular flexibility index (Phi) is 6.84. The van der Waals surface area contributed by atoms with Crippen molar-refractivity contribution in [2.45, 2.75) is 26.4 Å². The van der Waals surface area contributed by atoms with Gasteiger partial charge in [0.15, 0.2) is 0 Å². The average molecular weight is 394 g/mol. The van der Waals surface area contributed by atoms with E-state index in [1.807, 2.05) is 28.0 Å². The van der Waals surface area contributed by atoms with Crippen molar-refractivity contribution in [2.75, 3.05) is 37.6 Å². The molecule has 1 amide bonds.